The number of hydrogen-bond acceptors (Lipinski definition) is 2. The Balaban J connectivity index is 3.19. The van der Waals surface area contributed by atoms with Crippen LogP contribution in [-0.2, 0) is 0 Å². The van der Waals surface area contributed by atoms with Gasteiger partial charge in [0.1, 0.15) is 17.5 Å². The molecule has 1 atom stereocenters. The molecule has 0 bridgehead atoms. The maximum atomic E-state index is 12.7. The van der Waals surface area contributed by atoms with Gasteiger partial charge in [0.25, 0.3) is 0 Å². The zero-order chi connectivity index (χ0) is 10.0. The Morgan fingerprint density at radius 3 is 2.62 bits per heavy atom. The van der Waals surface area contributed by atoms with Gasteiger partial charge in [-0.2, -0.15) is 0 Å². The standard InChI is InChI=1S/C9H9FO3/c1-5(10)6-2-3-8(11)7(4-6)9(12)13/h2-5,11H,1H3,(H,12,13). The summed E-state index contributed by atoms with van der Waals surface area (Å²) in [6, 6.07) is 3.66. The van der Waals surface area contributed by atoms with Crippen LogP contribution in [0.2, 0.25) is 0 Å². The third-order valence-electron chi connectivity index (χ3n) is 1.71. The third kappa shape index (κ3) is 1.96. The Kier molecular flexibility index (Phi) is 2.51. The average molecular weight is 184 g/mol. The predicted molar refractivity (Wildman–Crippen MR) is 44.6 cm³/mol. The summed E-state index contributed by atoms with van der Waals surface area (Å²) in [5.74, 6) is -1.61. The molecule has 4 heteroatoms. The maximum Gasteiger partial charge on any atom is 0.339 e. The van der Waals surface area contributed by atoms with Crippen molar-refractivity contribution in [1.82, 2.24) is 0 Å². The van der Waals surface area contributed by atoms with E-state index in [0.717, 1.165) is 6.07 Å². The molecule has 0 aromatic heterocycles. The quantitative estimate of drug-likeness (QED) is 0.740. The average Bonchev–Trinajstić information content (AvgIpc) is 2.04. The first-order valence-corrected chi connectivity index (χ1v) is 3.72. The molecule has 0 fully saturated rings. The highest BCUT2D eigenvalue weighted by Crippen LogP contribution is 2.23. The van der Waals surface area contributed by atoms with Gasteiger partial charge in [0.15, 0.2) is 0 Å². The van der Waals surface area contributed by atoms with Gasteiger partial charge in [-0.3, -0.25) is 0 Å². The largest absolute Gasteiger partial charge is 0.507 e. The lowest BCUT2D eigenvalue weighted by molar-refractivity contribution is 0.0693. The second-order valence-electron chi connectivity index (χ2n) is 2.70. The monoisotopic (exact) mass is 184 g/mol. The molecule has 1 aromatic rings. The number of carboxylic acid groups (broad SMARTS) is 1. The van der Waals surface area contributed by atoms with E-state index >= 15 is 0 Å². The number of hydrogen-bond donors (Lipinski definition) is 2. The summed E-state index contributed by atoms with van der Waals surface area (Å²) in [4.78, 5) is 10.5. The van der Waals surface area contributed by atoms with E-state index < -0.39 is 12.1 Å². The minimum Gasteiger partial charge on any atom is -0.507 e. The van der Waals surface area contributed by atoms with Crippen LogP contribution in [-0.4, -0.2) is 16.2 Å². The van der Waals surface area contributed by atoms with Crippen LogP contribution in [0.25, 0.3) is 0 Å². The molecule has 0 amide bonds. The molecule has 0 aliphatic heterocycles. The number of halogens is 1. The Hall–Kier alpha value is -1.58. The number of aromatic hydroxyl groups is 1. The molecule has 3 nitrogen and oxygen atoms in total. The van der Waals surface area contributed by atoms with Gasteiger partial charge in [0, 0.05) is 0 Å². The fourth-order valence-electron chi connectivity index (χ4n) is 0.972. The molecule has 0 heterocycles. The van der Waals surface area contributed by atoms with Gasteiger partial charge in [-0.1, -0.05) is 6.07 Å². The zero-order valence-electron chi connectivity index (χ0n) is 6.99. The van der Waals surface area contributed by atoms with E-state index in [0.29, 0.717) is 0 Å². The van der Waals surface area contributed by atoms with Crippen molar-refractivity contribution < 1.29 is 19.4 Å². The van der Waals surface area contributed by atoms with Crippen molar-refractivity contribution in [1.29, 1.82) is 0 Å². The summed E-state index contributed by atoms with van der Waals surface area (Å²) in [6.45, 7) is 1.30. The third-order valence-corrected chi connectivity index (χ3v) is 1.71. The predicted octanol–water partition coefficient (Wildman–Crippen LogP) is 2.12. The Morgan fingerprint density at radius 1 is 1.54 bits per heavy atom. The van der Waals surface area contributed by atoms with Gasteiger partial charge in [-0.05, 0) is 24.6 Å². The number of rotatable bonds is 2. The summed E-state index contributed by atoms with van der Waals surface area (Å²) in [6.07, 6.45) is -1.24. The van der Waals surface area contributed by atoms with Crippen molar-refractivity contribution in [3.8, 4) is 5.75 Å². The lowest BCUT2D eigenvalue weighted by Crippen LogP contribution is -1.98. The van der Waals surface area contributed by atoms with Crippen LogP contribution in [0, 0.1) is 0 Å². The zero-order valence-corrected chi connectivity index (χ0v) is 6.99. The van der Waals surface area contributed by atoms with Crippen LogP contribution >= 0.6 is 0 Å². The topological polar surface area (TPSA) is 57.5 Å². The van der Waals surface area contributed by atoms with Crippen molar-refractivity contribution in [2.24, 2.45) is 0 Å². The molecular weight excluding hydrogens is 175 g/mol. The SMILES string of the molecule is CC(F)c1ccc(O)c(C(=O)O)c1. The van der Waals surface area contributed by atoms with Gasteiger partial charge in [0.05, 0.1) is 0 Å². The highest BCUT2D eigenvalue weighted by molar-refractivity contribution is 5.90. The Bertz CT molecular complexity index is 334. The number of aromatic carboxylic acids is 1. The van der Waals surface area contributed by atoms with Gasteiger partial charge >= 0.3 is 5.97 Å². The molecule has 0 radical (unpaired) electrons. The Morgan fingerprint density at radius 2 is 2.15 bits per heavy atom. The first-order chi connectivity index (χ1) is 6.02. The van der Waals surface area contributed by atoms with E-state index in [1.54, 1.807) is 0 Å². The van der Waals surface area contributed by atoms with Gasteiger partial charge in [-0.25, -0.2) is 9.18 Å². The molecule has 1 unspecified atom stereocenters. The van der Waals surface area contributed by atoms with E-state index in [-0.39, 0.29) is 16.9 Å². The summed E-state index contributed by atoms with van der Waals surface area (Å²) >= 11 is 0. The van der Waals surface area contributed by atoms with Gasteiger partial charge < -0.3 is 10.2 Å². The number of phenols is 1. The fraction of sp³-hybridized carbons (Fsp3) is 0.222. The molecule has 0 aliphatic carbocycles. The molecule has 0 spiro atoms. The smallest absolute Gasteiger partial charge is 0.339 e. The normalized spacial score (nSPS) is 12.5. The summed E-state index contributed by atoms with van der Waals surface area (Å²) in [5.41, 5.74) is -0.0304. The maximum absolute atomic E-state index is 12.7. The van der Waals surface area contributed by atoms with E-state index in [1.807, 2.05) is 0 Å². The van der Waals surface area contributed by atoms with Crippen LogP contribution in [0.3, 0.4) is 0 Å². The van der Waals surface area contributed by atoms with Crippen LogP contribution < -0.4 is 0 Å². The van der Waals surface area contributed by atoms with Crippen LogP contribution in [0.4, 0.5) is 4.39 Å². The number of carboxylic acids is 1. The Labute approximate surface area is 74.4 Å². The van der Waals surface area contributed by atoms with Gasteiger partial charge in [0.2, 0.25) is 0 Å². The number of benzene rings is 1. The van der Waals surface area contributed by atoms with Crippen LogP contribution in [0.15, 0.2) is 18.2 Å². The minimum absolute atomic E-state index is 0.246. The second-order valence-corrected chi connectivity index (χ2v) is 2.70. The number of alkyl halides is 1. The first kappa shape index (κ1) is 9.51. The minimum atomic E-state index is -1.26. The highest BCUT2D eigenvalue weighted by Gasteiger charge is 2.12. The molecule has 1 aromatic carbocycles. The lowest BCUT2D eigenvalue weighted by Gasteiger charge is -2.04. The molecule has 1 rings (SSSR count). The second kappa shape index (κ2) is 3.43. The molecule has 70 valence electrons. The van der Waals surface area contributed by atoms with Crippen LogP contribution in [0.5, 0.6) is 5.75 Å². The van der Waals surface area contributed by atoms with E-state index in [4.69, 9.17) is 10.2 Å². The fourth-order valence-corrected chi connectivity index (χ4v) is 0.972. The summed E-state index contributed by atoms with van der Waals surface area (Å²) in [5, 5.41) is 17.7. The first-order valence-electron chi connectivity index (χ1n) is 3.72. The molecule has 0 saturated carbocycles. The molecule has 2 N–H and O–H groups in total. The van der Waals surface area contributed by atoms with Crippen molar-refractivity contribution in [3.05, 3.63) is 29.3 Å². The van der Waals surface area contributed by atoms with E-state index in [2.05, 4.69) is 0 Å². The van der Waals surface area contributed by atoms with Crippen molar-refractivity contribution in [2.75, 3.05) is 0 Å². The molecular formula is C9H9FO3. The molecule has 13 heavy (non-hydrogen) atoms. The molecule has 0 saturated heterocycles. The van der Waals surface area contributed by atoms with Crippen molar-refractivity contribution >= 4 is 5.97 Å². The van der Waals surface area contributed by atoms with E-state index in [1.165, 1.54) is 19.1 Å². The number of carbonyl (C=O) groups is 1. The summed E-state index contributed by atoms with van der Waals surface area (Å²) in [7, 11) is 0. The summed E-state index contributed by atoms with van der Waals surface area (Å²) < 4.78 is 12.7. The van der Waals surface area contributed by atoms with Gasteiger partial charge in [-0.15, -0.1) is 0 Å². The highest BCUT2D eigenvalue weighted by atomic mass is 19.1. The van der Waals surface area contributed by atoms with E-state index in [9.17, 15) is 9.18 Å². The van der Waals surface area contributed by atoms with Crippen molar-refractivity contribution in [2.45, 2.75) is 13.1 Å². The molecule has 0 aliphatic rings. The van der Waals surface area contributed by atoms with Crippen LogP contribution in [0.1, 0.15) is 29.0 Å². The van der Waals surface area contributed by atoms with Crippen molar-refractivity contribution in [3.63, 3.8) is 0 Å². The lowest BCUT2D eigenvalue weighted by atomic mass is 10.1.